The molecule has 27 heavy (non-hydrogen) atoms. The number of carbonyl (C=O) groups is 2. The lowest BCUT2D eigenvalue weighted by Gasteiger charge is -2.16. The van der Waals surface area contributed by atoms with Crippen LogP contribution in [-0.2, 0) is 9.59 Å². The summed E-state index contributed by atoms with van der Waals surface area (Å²) in [6.07, 6.45) is 0.363. The van der Waals surface area contributed by atoms with Gasteiger partial charge in [0.1, 0.15) is 5.92 Å². The average molecular weight is 408 g/mol. The smallest absolute Gasteiger partial charge is 0.239 e. The molecule has 1 unspecified atom stereocenters. The fourth-order valence-electron chi connectivity index (χ4n) is 2.97. The normalized spacial score (nSPS) is 16.9. The number of hydrogen-bond donors (Lipinski definition) is 1. The molecular formula is C18H12ClF2N3O2S. The predicted molar refractivity (Wildman–Crippen MR) is 100 cm³/mol. The van der Waals surface area contributed by atoms with Gasteiger partial charge in [-0.1, -0.05) is 22.9 Å². The highest BCUT2D eigenvalue weighted by Gasteiger charge is 2.37. The van der Waals surface area contributed by atoms with E-state index in [1.807, 2.05) is 0 Å². The Labute approximate surface area is 161 Å². The first-order valence-corrected chi connectivity index (χ1v) is 9.25. The van der Waals surface area contributed by atoms with E-state index in [0.29, 0.717) is 28.4 Å². The van der Waals surface area contributed by atoms with Crippen molar-refractivity contribution >= 4 is 55.8 Å². The SMILES string of the molecule is O=C(Nc1nc2cc(F)c(F)cc2s1)C1CCN(c2ccc(Cl)cc2)C1=O. The van der Waals surface area contributed by atoms with Crippen LogP contribution in [0, 0.1) is 17.6 Å². The standard InChI is InChI=1S/C18H12ClF2N3O2S/c19-9-1-3-10(4-2-9)24-6-5-11(17(24)26)16(25)23-18-22-14-7-12(20)13(21)8-15(14)27-18/h1-4,7-8,11H,5-6H2,(H,22,23,25). The Morgan fingerprint density at radius 2 is 1.93 bits per heavy atom. The summed E-state index contributed by atoms with van der Waals surface area (Å²) in [4.78, 5) is 30.7. The fraction of sp³-hybridized carbons (Fsp3) is 0.167. The molecule has 0 radical (unpaired) electrons. The second kappa shape index (κ2) is 6.86. The number of aromatic nitrogens is 1. The quantitative estimate of drug-likeness (QED) is 0.661. The van der Waals surface area contributed by atoms with E-state index in [1.165, 1.54) is 4.90 Å². The van der Waals surface area contributed by atoms with Gasteiger partial charge in [-0.3, -0.25) is 9.59 Å². The number of hydrogen-bond acceptors (Lipinski definition) is 4. The van der Waals surface area contributed by atoms with Crippen LogP contribution < -0.4 is 10.2 Å². The topological polar surface area (TPSA) is 62.3 Å². The molecule has 1 atom stereocenters. The van der Waals surface area contributed by atoms with E-state index in [-0.39, 0.29) is 16.6 Å². The number of nitrogens with one attached hydrogen (secondary N) is 1. The lowest BCUT2D eigenvalue weighted by Crippen LogP contribution is -2.33. The first-order valence-electron chi connectivity index (χ1n) is 8.06. The van der Waals surface area contributed by atoms with Crippen LogP contribution in [0.4, 0.5) is 19.6 Å². The van der Waals surface area contributed by atoms with E-state index >= 15 is 0 Å². The van der Waals surface area contributed by atoms with Gasteiger partial charge in [-0.2, -0.15) is 0 Å². The Kier molecular flexibility index (Phi) is 4.53. The molecule has 3 aromatic rings. The number of benzene rings is 2. The molecule has 2 aromatic carbocycles. The van der Waals surface area contributed by atoms with Crippen molar-refractivity contribution in [3.8, 4) is 0 Å². The number of amides is 2. The number of fused-ring (bicyclic) bond motifs is 1. The molecule has 1 fully saturated rings. The first-order chi connectivity index (χ1) is 12.9. The van der Waals surface area contributed by atoms with Crippen molar-refractivity contribution in [1.29, 1.82) is 0 Å². The molecule has 1 aromatic heterocycles. The van der Waals surface area contributed by atoms with E-state index in [2.05, 4.69) is 10.3 Å². The molecule has 0 bridgehead atoms. The van der Waals surface area contributed by atoms with Crippen LogP contribution >= 0.6 is 22.9 Å². The maximum absolute atomic E-state index is 13.3. The van der Waals surface area contributed by atoms with E-state index in [4.69, 9.17) is 11.6 Å². The minimum absolute atomic E-state index is 0.192. The van der Waals surface area contributed by atoms with Crippen LogP contribution in [0.25, 0.3) is 10.2 Å². The fourth-order valence-corrected chi connectivity index (χ4v) is 3.97. The van der Waals surface area contributed by atoms with Gasteiger partial charge in [0.2, 0.25) is 11.8 Å². The summed E-state index contributed by atoms with van der Waals surface area (Å²) < 4.78 is 27.0. The third-order valence-corrected chi connectivity index (χ3v) is 5.51. The van der Waals surface area contributed by atoms with E-state index in [0.717, 1.165) is 23.5 Å². The van der Waals surface area contributed by atoms with Crippen LogP contribution in [0.2, 0.25) is 5.02 Å². The number of rotatable bonds is 3. The van der Waals surface area contributed by atoms with Crippen LogP contribution in [-0.4, -0.2) is 23.3 Å². The molecule has 1 aliphatic heterocycles. The molecule has 2 heterocycles. The zero-order valence-corrected chi connectivity index (χ0v) is 15.3. The molecule has 0 spiro atoms. The van der Waals surface area contributed by atoms with Crippen molar-refractivity contribution in [2.45, 2.75) is 6.42 Å². The van der Waals surface area contributed by atoms with E-state index < -0.39 is 23.5 Å². The Balaban J connectivity index is 1.50. The molecule has 4 rings (SSSR count). The number of nitrogens with zero attached hydrogens (tertiary/aromatic N) is 2. The lowest BCUT2D eigenvalue weighted by atomic mass is 10.1. The minimum atomic E-state index is -1.00. The van der Waals surface area contributed by atoms with Crippen LogP contribution in [0.15, 0.2) is 36.4 Å². The highest BCUT2D eigenvalue weighted by molar-refractivity contribution is 7.22. The summed E-state index contributed by atoms with van der Waals surface area (Å²) in [5.41, 5.74) is 0.917. The van der Waals surface area contributed by atoms with Crippen LogP contribution in [0.1, 0.15) is 6.42 Å². The average Bonchev–Trinajstić information content (AvgIpc) is 3.19. The van der Waals surface area contributed by atoms with Gasteiger partial charge >= 0.3 is 0 Å². The Morgan fingerprint density at radius 1 is 1.22 bits per heavy atom. The van der Waals surface area contributed by atoms with Gasteiger partial charge in [-0.05, 0) is 36.8 Å². The molecule has 1 aliphatic rings. The lowest BCUT2D eigenvalue weighted by molar-refractivity contribution is -0.129. The summed E-state index contributed by atoms with van der Waals surface area (Å²) in [5, 5.41) is 3.33. The monoisotopic (exact) mass is 407 g/mol. The van der Waals surface area contributed by atoms with Gasteiger partial charge in [0.05, 0.1) is 10.2 Å². The molecule has 0 saturated carbocycles. The number of thiazole rings is 1. The van der Waals surface area contributed by atoms with E-state index in [1.54, 1.807) is 24.3 Å². The Bertz CT molecular complexity index is 1020. The van der Waals surface area contributed by atoms with E-state index in [9.17, 15) is 18.4 Å². The maximum Gasteiger partial charge on any atom is 0.239 e. The number of carbonyl (C=O) groups excluding carboxylic acids is 2. The second-order valence-electron chi connectivity index (χ2n) is 6.05. The van der Waals surface area contributed by atoms with Crippen molar-refractivity contribution in [3.63, 3.8) is 0 Å². The minimum Gasteiger partial charge on any atom is -0.312 e. The molecule has 5 nitrogen and oxygen atoms in total. The first kappa shape index (κ1) is 17.8. The third-order valence-electron chi connectivity index (χ3n) is 4.32. The third kappa shape index (κ3) is 3.38. The molecule has 0 aliphatic carbocycles. The van der Waals surface area contributed by atoms with Crippen molar-refractivity contribution < 1.29 is 18.4 Å². The molecule has 138 valence electrons. The van der Waals surface area contributed by atoms with Crippen molar-refractivity contribution in [2.75, 3.05) is 16.8 Å². The highest BCUT2D eigenvalue weighted by atomic mass is 35.5. The second-order valence-corrected chi connectivity index (χ2v) is 7.52. The highest BCUT2D eigenvalue weighted by Crippen LogP contribution is 2.30. The van der Waals surface area contributed by atoms with Gasteiger partial charge in [-0.15, -0.1) is 0 Å². The predicted octanol–water partition coefficient (Wildman–Crippen LogP) is 4.22. The van der Waals surface area contributed by atoms with Gasteiger partial charge < -0.3 is 10.2 Å². The zero-order chi connectivity index (χ0) is 19.1. The summed E-state index contributed by atoms with van der Waals surface area (Å²) in [6.45, 7) is 0.412. The van der Waals surface area contributed by atoms with Gasteiger partial charge in [0, 0.05) is 23.3 Å². The van der Waals surface area contributed by atoms with Gasteiger partial charge in [0.15, 0.2) is 16.8 Å². The molecule has 1 saturated heterocycles. The van der Waals surface area contributed by atoms with Crippen molar-refractivity contribution in [3.05, 3.63) is 53.1 Å². The number of halogens is 3. The summed E-state index contributed by atoms with van der Waals surface area (Å²) in [5.74, 6) is -3.63. The van der Waals surface area contributed by atoms with Crippen LogP contribution in [0.3, 0.4) is 0 Å². The van der Waals surface area contributed by atoms with Crippen molar-refractivity contribution in [2.24, 2.45) is 5.92 Å². The summed E-state index contributed by atoms with van der Waals surface area (Å²) >= 11 is 6.87. The molecule has 2 amide bonds. The largest absolute Gasteiger partial charge is 0.312 e. The maximum atomic E-state index is 13.3. The van der Waals surface area contributed by atoms with Gasteiger partial charge in [-0.25, -0.2) is 13.8 Å². The van der Waals surface area contributed by atoms with Crippen LogP contribution in [0.5, 0.6) is 0 Å². The Hall–Kier alpha value is -2.58. The number of anilines is 2. The summed E-state index contributed by atoms with van der Waals surface area (Å²) in [7, 11) is 0. The molecule has 9 heteroatoms. The molecule has 1 N–H and O–H groups in total. The Morgan fingerprint density at radius 3 is 2.67 bits per heavy atom. The molecular weight excluding hydrogens is 396 g/mol. The zero-order valence-electron chi connectivity index (χ0n) is 13.7. The van der Waals surface area contributed by atoms with Crippen molar-refractivity contribution in [1.82, 2.24) is 4.98 Å². The summed E-state index contributed by atoms with van der Waals surface area (Å²) in [6, 6.07) is 8.79. The van der Waals surface area contributed by atoms with Gasteiger partial charge in [0.25, 0.3) is 0 Å².